The van der Waals surface area contributed by atoms with Crippen LogP contribution in [0.3, 0.4) is 0 Å². The van der Waals surface area contributed by atoms with Gasteiger partial charge in [-0.3, -0.25) is 15.5 Å². The molecule has 4 aromatic carbocycles. The summed E-state index contributed by atoms with van der Waals surface area (Å²) in [4.78, 5) is 10.2. The number of hydrogen-bond donors (Lipinski definition) is 1. The zero-order valence-corrected chi connectivity index (χ0v) is 17.6. The number of anilines is 1. The predicted octanol–water partition coefficient (Wildman–Crippen LogP) is 6.79. The standard InChI is InChI=1S/C25H18F3N3O3/c26-25(27,28)21-9-12-23(24(14-21)31(32)33)30-29-15-17-6-10-22(11-7-17)34-16-18-5-8-19-3-1-2-4-20(19)13-18/h1-15,30H,16H2/b29-15-. The van der Waals surface area contributed by atoms with Gasteiger partial charge in [0.15, 0.2) is 0 Å². The Balaban J connectivity index is 1.37. The molecule has 4 rings (SSSR count). The van der Waals surface area contributed by atoms with Crippen LogP contribution in [0.1, 0.15) is 16.7 Å². The smallest absolute Gasteiger partial charge is 0.416 e. The minimum atomic E-state index is -4.68. The number of nitrogens with zero attached hydrogens (tertiary/aromatic N) is 2. The number of alkyl halides is 3. The Morgan fingerprint density at radius 1 is 0.941 bits per heavy atom. The van der Waals surface area contributed by atoms with E-state index in [0.717, 1.165) is 28.5 Å². The molecule has 0 spiro atoms. The van der Waals surface area contributed by atoms with Gasteiger partial charge in [0.1, 0.15) is 18.0 Å². The molecule has 4 aromatic rings. The summed E-state index contributed by atoms with van der Waals surface area (Å²) in [6, 6.07) is 23.4. The second kappa shape index (κ2) is 9.62. The van der Waals surface area contributed by atoms with Gasteiger partial charge >= 0.3 is 6.18 Å². The molecule has 0 aliphatic carbocycles. The van der Waals surface area contributed by atoms with Crippen molar-refractivity contribution in [1.82, 2.24) is 0 Å². The molecule has 0 amide bonds. The molecule has 0 saturated heterocycles. The molecular formula is C25H18F3N3O3. The molecule has 0 bridgehead atoms. The first kappa shape index (κ1) is 22.8. The molecule has 0 aliphatic rings. The molecule has 1 N–H and O–H groups in total. The minimum absolute atomic E-state index is 0.149. The molecule has 34 heavy (non-hydrogen) atoms. The predicted molar refractivity (Wildman–Crippen MR) is 124 cm³/mol. The number of halogens is 3. The summed E-state index contributed by atoms with van der Waals surface area (Å²) in [5, 5.41) is 17.3. The maximum absolute atomic E-state index is 12.8. The van der Waals surface area contributed by atoms with Crippen LogP contribution in [0, 0.1) is 10.1 Å². The van der Waals surface area contributed by atoms with E-state index in [-0.39, 0.29) is 5.69 Å². The van der Waals surface area contributed by atoms with Crippen molar-refractivity contribution in [3.8, 4) is 5.75 Å². The van der Waals surface area contributed by atoms with Gasteiger partial charge in [-0.25, -0.2) is 0 Å². The highest BCUT2D eigenvalue weighted by Gasteiger charge is 2.33. The third kappa shape index (κ3) is 5.50. The second-order valence-corrected chi connectivity index (χ2v) is 7.40. The summed E-state index contributed by atoms with van der Waals surface area (Å²) in [5.41, 5.74) is 2.16. The van der Waals surface area contributed by atoms with E-state index in [1.165, 1.54) is 6.21 Å². The highest BCUT2D eigenvalue weighted by molar-refractivity contribution is 5.83. The number of nitrogens with one attached hydrogen (secondary N) is 1. The Morgan fingerprint density at radius 2 is 1.68 bits per heavy atom. The zero-order chi connectivity index (χ0) is 24.1. The van der Waals surface area contributed by atoms with Gasteiger partial charge in [0.05, 0.1) is 16.7 Å². The van der Waals surface area contributed by atoms with E-state index >= 15 is 0 Å². The van der Waals surface area contributed by atoms with Crippen LogP contribution in [0.4, 0.5) is 24.5 Å². The first-order chi connectivity index (χ1) is 16.3. The molecule has 172 valence electrons. The summed E-state index contributed by atoms with van der Waals surface area (Å²) in [5.74, 6) is 0.650. The third-order valence-corrected chi connectivity index (χ3v) is 5.02. The van der Waals surface area contributed by atoms with E-state index in [9.17, 15) is 23.3 Å². The molecule has 0 saturated carbocycles. The fourth-order valence-corrected chi connectivity index (χ4v) is 3.28. The molecule has 6 nitrogen and oxygen atoms in total. The van der Waals surface area contributed by atoms with Crippen molar-refractivity contribution in [2.45, 2.75) is 12.8 Å². The summed E-state index contributed by atoms with van der Waals surface area (Å²) in [7, 11) is 0. The van der Waals surface area contributed by atoms with Crippen LogP contribution in [0.5, 0.6) is 5.75 Å². The van der Waals surface area contributed by atoms with Crippen LogP contribution in [-0.2, 0) is 12.8 Å². The highest BCUT2D eigenvalue weighted by Crippen LogP contribution is 2.35. The van der Waals surface area contributed by atoms with Gasteiger partial charge in [-0.2, -0.15) is 18.3 Å². The van der Waals surface area contributed by atoms with Gasteiger partial charge in [0.25, 0.3) is 5.69 Å². The van der Waals surface area contributed by atoms with Crippen molar-refractivity contribution in [1.29, 1.82) is 0 Å². The van der Waals surface area contributed by atoms with Crippen LogP contribution in [0.2, 0.25) is 0 Å². The van der Waals surface area contributed by atoms with E-state index in [2.05, 4.69) is 16.6 Å². The lowest BCUT2D eigenvalue weighted by atomic mass is 10.1. The molecule has 0 unspecified atom stereocenters. The second-order valence-electron chi connectivity index (χ2n) is 7.40. The Kier molecular flexibility index (Phi) is 6.44. The Labute approximate surface area is 192 Å². The molecule has 9 heteroatoms. The van der Waals surface area contributed by atoms with Crippen LogP contribution in [0.15, 0.2) is 90.0 Å². The number of hydrogen-bond acceptors (Lipinski definition) is 5. The monoisotopic (exact) mass is 465 g/mol. The first-order valence-electron chi connectivity index (χ1n) is 10.1. The number of hydrazone groups is 1. The topological polar surface area (TPSA) is 76.8 Å². The molecule has 0 heterocycles. The first-order valence-corrected chi connectivity index (χ1v) is 10.1. The summed E-state index contributed by atoms with van der Waals surface area (Å²) < 4.78 is 44.2. The van der Waals surface area contributed by atoms with Gasteiger partial charge in [0, 0.05) is 6.07 Å². The van der Waals surface area contributed by atoms with Crippen molar-refractivity contribution in [2.24, 2.45) is 5.10 Å². The van der Waals surface area contributed by atoms with Gasteiger partial charge in [-0.1, -0.05) is 36.4 Å². The van der Waals surface area contributed by atoms with Gasteiger partial charge in [0.2, 0.25) is 0 Å². The Morgan fingerprint density at radius 3 is 2.38 bits per heavy atom. The van der Waals surface area contributed by atoms with Gasteiger partial charge in [-0.15, -0.1) is 0 Å². The summed E-state index contributed by atoms with van der Waals surface area (Å²) in [6.45, 7) is 0.400. The number of ether oxygens (including phenoxy) is 1. The normalized spacial score (nSPS) is 11.6. The number of fused-ring (bicyclic) bond motifs is 1. The number of rotatable bonds is 7. The average molecular weight is 465 g/mol. The van der Waals surface area contributed by atoms with E-state index in [4.69, 9.17) is 4.74 Å². The average Bonchev–Trinajstić information content (AvgIpc) is 2.83. The largest absolute Gasteiger partial charge is 0.489 e. The zero-order valence-electron chi connectivity index (χ0n) is 17.6. The number of nitro groups is 1. The third-order valence-electron chi connectivity index (χ3n) is 5.02. The molecule has 0 radical (unpaired) electrons. The fraction of sp³-hybridized carbons (Fsp3) is 0.0800. The molecule has 0 aliphatic heterocycles. The van der Waals surface area contributed by atoms with Crippen LogP contribution >= 0.6 is 0 Å². The van der Waals surface area contributed by atoms with Crippen LogP contribution in [0.25, 0.3) is 10.8 Å². The van der Waals surface area contributed by atoms with Crippen molar-refractivity contribution in [2.75, 3.05) is 5.43 Å². The fourth-order valence-electron chi connectivity index (χ4n) is 3.28. The van der Waals surface area contributed by atoms with Crippen molar-refractivity contribution in [3.63, 3.8) is 0 Å². The maximum Gasteiger partial charge on any atom is 0.416 e. The van der Waals surface area contributed by atoms with E-state index in [0.29, 0.717) is 24.0 Å². The van der Waals surface area contributed by atoms with Crippen LogP contribution in [-0.4, -0.2) is 11.1 Å². The SMILES string of the molecule is O=[N+]([O-])c1cc(C(F)(F)F)ccc1N/N=C\c1ccc(OCc2ccc3ccccc3c2)cc1. The lowest BCUT2D eigenvalue weighted by Crippen LogP contribution is -2.06. The minimum Gasteiger partial charge on any atom is -0.489 e. The number of benzene rings is 4. The summed E-state index contributed by atoms with van der Waals surface area (Å²) >= 11 is 0. The van der Waals surface area contributed by atoms with E-state index < -0.39 is 22.4 Å². The molecule has 0 aromatic heterocycles. The van der Waals surface area contributed by atoms with Crippen molar-refractivity contribution in [3.05, 3.63) is 112 Å². The molecule has 0 fully saturated rings. The lowest BCUT2D eigenvalue weighted by Gasteiger charge is -2.08. The van der Waals surface area contributed by atoms with Crippen molar-refractivity contribution < 1.29 is 22.8 Å². The highest BCUT2D eigenvalue weighted by atomic mass is 19.4. The van der Waals surface area contributed by atoms with Gasteiger partial charge in [-0.05, 0) is 64.4 Å². The van der Waals surface area contributed by atoms with Gasteiger partial charge < -0.3 is 4.74 Å². The van der Waals surface area contributed by atoms with E-state index in [1.54, 1.807) is 24.3 Å². The molecular weight excluding hydrogens is 447 g/mol. The number of nitro benzene ring substituents is 1. The quantitative estimate of drug-likeness (QED) is 0.185. The molecule has 0 atom stereocenters. The van der Waals surface area contributed by atoms with Crippen molar-refractivity contribution >= 4 is 28.4 Å². The Bertz CT molecular complexity index is 1350. The lowest BCUT2D eigenvalue weighted by molar-refractivity contribution is -0.384. The summed E-state index contributed by atoms with van der Waals surface area (Å²) in [6.07, 6.45) is -3.28. The maximum atomic E-state index is 12.8. The Hall–Kier alpha value is -4.40. The van der Waals surface area contributed by atoms with E-state index in [1.807, 2.05) is 36.4 Å². The van der Waals surface area contributed by atoms with Crippen LogP contribution < -0.4 is 10.2 Å².